The molecule has 0 bridgehead atoms. The molecule has 1 aliphatic rings. The van der Waals surface area contributed by atoms with Crippen molar-refractivity contribution in [3.63, 3.8) is 0 Å². The van der Waals surface area contributed by atoms with E-state index >= 15 is 0 Å². The summed E-state index contributed by atoms with van der Waals surface area (Å²) in [5.41, 5.74) is 1.32. The normalized spacial score (nSPS) is 14.0. The highest BCUT2D eigenvalue weighted by Gasteiger charge is 2.35. The van der Waals surface area contributed by atoms with Gasteiger partial charge in [0, 0.05) is 23.5 Å². The number of sulfonamides is 1. The lowest BCUT2D eigenvalue weighted by atomic mass is 10.1. The second-order valence-electron chi connectivity index (χ2n) is 7.49. The highest BCUT2D eigenvalue weighted by atomic mass is 32.2. The van der Waals surface area contributed by atoms with E-state index in [2.05, 4.69) is 34.6 Å². The van der Waals surface area contributed by atoms with Gasteiger partial charge in [-0.25, -0.2) is 8.42 Å². The van der Waals surface area contributed by atoms with Crippen molar-refractivity contribution in [1.29, 1.82) is 0 Å². The van der Waals surface area contributed by atoms with Crippen molar-refractivity contribution in [1.82, 2.24) is 14.5 Å². The Kier molecular flexibility index (Phi) is 6.63. The fourth-order valence-electron chi connectivity index (χ4n) is 3.17. The fraction of sp³-hybridized carbons (Fsp3) is 0.318. The molecule has 4 rings (SSSR count). The van der Waals surface area contributed by atoms with Gasteiger partial charge in [0.2, 0.25) is 15.9 Å². The Balaban J connectivity index is 1.37. The summed E-state index contributed by atoms with van der Waals surface area (Å²) in [6.45, 7) is 2.11. The van der Waals surface area contributed by atoms with Crippen molar-refractivity contribution in [3.8, 4) is 0 Å². The third-order valence-electron chi connectivity index (χ3n) is 5.13. The van der Waals surface area contributed by atoms with Crippen LogP contribution in [0, 0.1) is 0 Å². The predicted octanol–water partition coefficient (Wildman–Crippen LogP) is 3.81. The van der Waals surface area contributed by atoms with Gasteiger partial charge in [-0.05, 0) is 60.6 Å². The minimum absolute atomic E-state index is 0.00618. The zero-order chi connectivity index (χ0) is 22.7. The number of nitrogens with one attached hydrogen (secondary N) is 1. The summed E-state index contributed by atoms with van der Waals surface area (Å²) in [4.78, 5) is 13.9. The number of carbonyl (C=O) groups is 1. The number of hydrogen-bond acceptors (Lipinski definition) is 7. The molecule has 1 aromatic heterocycles. The number of thioether (sulfide) groups is 1. The summed E-state index contributed by atoms with van der Waals surface area (Å²) in [6, 6.07) is 14.0. The Hall–Kier alpha value is -2.69. The van der Waals surface area contributed by atoms with Crippen LogP contribution in [0.1, 0.15) is 41.6 Å². The smallest absolute Gasteiger partial charge is 0.322 e. The lowest BCUT2D eigenvalue weighted by Crippen LogP contribution is -2.29. The van der Waals surface area contributed by atoms with Gasteiger partial charge in [0.25, 0.3) is 5.91 Å². The van der Waals surface area contributed by atoms with E-state index in [0.717, 1.165) is 24.2 Å². The van der Waals surface area contributed by atoms with Gasteiger partial charge in [-0.3, -0.25) is 10.1 Å². The third kappa shape index (κ3) is 5.20. The van der Waals surface area contributed by atoms with E-state index in [1.54, 1.807) is 18.8 Å². The van der Waals surface area contributed by atoms with E-state index < -0.39 is 15.9 Å². The molecule has 1 aliphatic carbocycles. The van der Waals surface area contributed by atoms with E-state index in [4.69, 9.17) is 4.42 Å². The summed E-state index contributed by atoms with van der Waals surface area (Å²) >= 11 is 1.77. The zero-order valence-electron chi connectivity index (χ0n) is 17.8. The topological polar surface area (TPSA) is 105 Å². The van der Waals surface area contributed by atoms with Gasteiger partial charge in [-0.1, -0.05) is 24.2 Å². The van der Waals surface area contributed by atoms with E-state index in [-0.39, 0.29) is 17.0 Å². The summed E-state index contributed by atoms with van der Waals surface area (Å²) in [6.07, 6.45) is 2.22. The molecule has 0 radical (unpaired) electrons. The van der Waals surface area contributed by atoms with E-state index in [1.165, 1.54) is 33.5 Å². The van der Waals surface area contributed by atoms with Gasteiger partial charge in [0.05, 0.1) is 11.3 Å². The van der Waals surface area contributed by atoms with E-state index in [0.29, 0.717) is 17.9 Å². The maximum atomic E-state index is 12.6. The number of nitrogens with zero attached hydrogens (tertiary/aromatic N) is 3. The molecule has 1 fully saturated rings. The highest BCUT2D eigenvalue weighted by molar-refractivity contribution is 7.99. The molecule has 0 aliphatic heterocycles. The second kappa shape index (κ2) is 9.43. The van der Waals surface area contributed by atoms with Gasteiger partial charge < -0.3 is 4.42 Å². The SMILES string of the molecule is CCSc1ccc(Cc2nnc(NC(=O)c3ccc(S(=O)(=O)N(C)C4CC4)cc3)o2)cc1. The number of anilines is 1. The first-order valence-electron chi connectivity index (χ1n) is 10.3. The van der Waals surface area contributed by atoms with Crippen LogP contribution in [0.15, 0.2) is 62.7 Å². The molecule has 0 unspecified atom stereocenters. The lowest BCUT2D eigenvalue weighted by Gasteiger charge is -2.16. The molecule has 1 N–H and O–H groups in total. The van der Waals surface area contributed by atoms with Crippen LogP contribution >= 0.6 is 11.8 Å². The number of hydrogen-bond donors (Lipinski definition) is 1. The summed E-state index contributed by atoms with van der Waals surface area (Å²) in [5.74, 6) is 0.948. The first-order chi connectivity index (χ1) is 15.4. The number of carbonyl (C=O) groups excluding carboxylic acids is 1. The quantitative estimate of drug-likeness (QED) is 0.472. The van der Waals surface area contributed by atoms with E-state index in [1.807, 2.05) is 12.1 Å². The largest absolute Gasteiger partial charge is 0.407 e. The zero-order valence-corrected chi connectivity index (χ0v) is 19.4. The second-order valence-corrected chi connectivity index (χ2v) is 10.8. The molecule has 0 atom stereocenters. The van der Waals surface area contributed by atoms with E-state index in [9.17, 15) is 13.2 Å². The standard InChI is InChI=1S/C22H24N4O4S2/c1-3-31-18-10-4-15(5-11-18)14-20-24-25-22(30-20)23-21(27)16-6-12-19(13-7-16)32(28,29)26(2)17-8-9-17/h4-7,10-13,17H,3,8-9,14H2,1-2H3,(H,23,25,27). The summed E-state index contributed by atoms with van der Waals surface area (Å²) < 4.78 is 32.1. The van der Waals surface area contributed by atoms with Gasteiger partial charge in [0.1, 0.15) is 0 Å². The average Bonchev–Trinajstić information content (AvgIpc) is 3.55. The number of benzene rings is 2. The van der Waals surface area contributed by atoms with Gasteiger partial charge in [0.15, 0.2) is 0 Å². The third-order valence-corrected chi connectivity index (χ3v) is 7.95. The highest BCUT2D eigenvalue weighted by Crippen LogP contribution is 2.30. The first-order valence-corrected chi connectivity index (χ1v) is 12.7. The van der Waals surface area contributed by atoms with Crippen molar-refractivity contribution in [2.45, 2.75) is 42.0 Å². The van der Waals surface area contributed by atoms with Crippen LogP contribution in [0.2, 0.25) is 0 Å². The summed E-state index contributed by atoms with van der Waals surface area (Å²) in [5, 5.41) is 10.4. The molecular weight excluding hydrogens is 448 g/mol. The molecule has 32 heavy (non-hydrogen) atoms. The number of aromatic nitrogens is 2. The fourth-order valence-corrected chi connectivity index (χ4v) is 5.25. The Morgan fingerprint density at radius 3 is 2.44 bits per heavy atom. The lowest BCUT2D eigenvalue weighted by molar-refractivity contribution is 0.102. The molecule has 3 aromatic rings. The van der Waals surface area contributed by atoms with Crippen molar-refractivity contribution in [2.24, 2.45) is 0 Å². The Bertz CT molecular complexity index is 1190. The monoisotopic (exact) mass is 472 g/mol. The Morgan fingerprint density at radius 2 is 1.81 bits per heavy atom. The number of amides is 1. The summed E-state index contributed by atoms with van der Waals surface area (Å²) in [7, 11) is -1.97. The van der Waals surface area contributed by atoms with Crippen molar-refractivity contribution < 1.29 is 17.6 Å². The molecule has 1 heterocycles. The minimum Gasteiger partial charge on any atom is -0.407 e. The van der Waals surface area contributed by atoms with Crippen molar-refractivity contribution >= 4 is 33.7 Å². The molecule has 1 amide bonds. The molecule has 8 nitrogen and oxygen atoms in total. The molecule has 0 saturated heterocycles. The van der Waals surface area contributed by atoms with Crippen LogP contribution in [0.3, 0.4) is 0 Å². The number of rotatable bonds is 9. The molecule has 2 aromatic carbocycles. The first kappa shape index (κ1) is 22.5. The average molecular weight is 473 g/mol. The molecule has 10 heteroatoms. The predicted molar refractivity (Wildman–Crippen MR) is 122 cm³/mol. The van der Waals surface area contributed by atoms with Crippen LogP contribution in [-0.4, -0.2) is 47.7 Å². The minimum atomic E-state index is -3.55. The maximum Gasteiger partial charge on any atom is 0.322 e. The molecule has 1 saturated carbocycles. The van der Waals surface area contributed by atoms with Crippen LogP contribution in [0.25, 0.3) is 0 Å². The van der Waals surface area contributed by atoms with Gasteiger partial charge >= 0.3 is 6.01 Å². The Labute approximate surface area is 191 Å². The van der Waals surface area contributed by atoms with Crippen LogP contribution < -0.4 is 5.32 Å². The van der Waals surface area contributed by atoms with Crippen molar-refractivity contribution in [3.05, 3.63) is 65.5 Å². The van der Waals surface area contributed by atoms with Gasteiger partial charge in [-0.15, -0.1) is 16.9 Å². The molecular formula is C22H24N4O4S2. The van der Waals surface area contributed by atoms with Gasteiger partial charge in [-0.2, -0.15) is 4.31 Å². The van der Waals surface area contributed by atoms with Crippen LogP contribution in [0.4, 0.5) is 6.01 Å². The molecule has 168 valence electrons. The molecule has 0 spiro atoms. The Morgan fingerprint density at radius 1 is 1.12 bits per heavy atom. The van der Waals surface area contributed by atoms with Crippen LogP contribution in [0.5, 0.6) is 0 Å². The van der Waals surface area contributed by atoms with Crippen molar-refractivity contribution in [2.75, 3.05) is 18.1 Å². The van der Waals surface area contributed by atoms with Crippen LogP contribution in [-0.2, 0) is 16.4 Å². The maximum absolute atomic E-state index is 12.6.